The third-order valence-corrected chi connectivity index (χ3v) is 2.13. The van der Waals surface area contributed by atoms with Crippen molar-refractivity contribution in [1.29, 1.82) is 0 Å². The summed E-state index contributed by atoms with van der Waals surface area (Å²) in [6.45, 7) is 2.37. The van der Waals surface area contributed by atoms with E-state index in [1.54, 1.807) is 25.1 Å². The quantitative estimate of drug-likeness (QED) is 0.492. The number of rotatable bonds is 5. The van der Waals surface area contributed by atoms with Gasteiger partial charge in [-0.2, -0.15) is 4.98 Å². The van der Waals surface area contributed by atoms with Gasteiger partial charge in [-0.3, -0.25) is 10.2 Å². The maximum Gasteiger partial charge on any atom is 0.239 e. The third-order valence-electron chi connectivity index (χ3n) is 2.13. The van der Waals surface area contributed by atoms with Crippen molar-refractivity contribution in [3.63, 3.8) is 0 Å². The molecular weight excluding hydrogens is 220 g/mol. The zero-order chi connectivity index (χ0) is 12.8. The molecule has 0 saturated carbocycles. The van der Waals surface area contributed by atoms with Crippen LogP contribution in [0.15, 0.2) is 6.07 Å². The van der Waals surface area contributed by atoms with Crippen LogP contribution in [-0.4, -0.2) is 41.4 Å². The lowest BCUT2D eigenvalue weighted by molar-refractivity contribution is -0.128. The second-order valence-corrected chi connectivity index (χ2v) is 3.83. The molecule has 0 spiro atoms. The van der Waals surface area contributed by atoms with Gasteiger partial charge in [-0.15, -0.1) is 0 Å². The molecule has 0 aliphatic rings. The monoisotopic (exact) mass is 238 g/mol. The van der Waals surface area contributed by atoms with Crippen molar-refractivity contribution in [3.05, 3.63) is 11.8 Å². The summed E-state index contributed by atoms with van der Waals surface area (Å²) in [5.41, 5.74) is 3.19. The van der Waals surface area contributed by atoms with E-state index >= 15 is 0 Å². The number of nitrogen functional groups attached to an aromatic ring is 1. The highest BCUT2D eigenvalue weighted by Crippen LogP contribution is 2.08. The fourth-order valence-electron chi connectivity index (χ4n) is 1.24. The van der Waals surface area contributed by atoms with E-state index in [4.69, 9.17) is 5.84 Å². The van der Waals surface area contributed by atoms with Gasteiger partial charge < -0.3 is 10.2 Å². The van der Waals surface area contributed by atoms with E-state index in [9.17, 15) is 4.79 Å². The summed E-state index contributed by atoms with van der Waals surface area (Å²) in [6.07, 6.45) is 0.418. The van der Waals surface area contributed by atoms with Crippen LogP contribution in [0.25, 0.3) is 0 Å². The molecule has 0 aliphatic carbocycles. The SMILES string of the molecule is Cc1cc(NCCC(=O)N(C)C)nc(NN)n1. The second-order valence-electron chi connectivity index (χ2n) is 3.83. The number of nitrogens with one attached hydrogen (secondary N) is 2. The Hall–Kier alpha value is -1.89. The molecule has 4 N–H and O–H groups in total. The maximum absolute atomic E-state index is 11.3. The molecule has 0 radical (unpaired) electrons. The molecule has 0 aliphatic heterocycles. The van der Waals surface area contributed by atoms with Crippen LogP contribution in [0.5, 0.6) is 0 Å². The Bertz CT molecular complexity index is 392. The highest BCUT2D eigenvalue weighted by molar-refractivity contribution is 5.76. The van der Waals surface area contributed by atoms with Crippen molar-refractivity contribution in [2.45, 2.75) is 13.3 Å². The number of hydrogen-bond acceptors (Lipinski definition) is 6. The maximum atomic E-state index is 11.3. The lowest BCUT2D eigenvalue weighted by Crippen LogP contribution is -2.24. The van der Waals surface area contributed by atoms with Crippen LogP contribution in [0.4, 0.5) is 11.8 Å². The van der Waals surface area contributed by atoms with Gasteiger partial charge in [0.15, 0.2) is 0 Å². The van der Waals surface area contributed by atoms with Gasteiger partial charge in [0.25, 0.3) is 0 Å². The Morgan fingerprint density at radius 3 is 2.76 bits per heavy atom. The van der Waals surface area contributed by atoms with Crippen LogP contribution in [0, 0.1) is 6.92 Å². The first-order chi connectivity index (χ1) is 8.02. The van der Waals surface area contributed by atoms with Gasteiger partial charge in [0.05, 0.1) is 0 Å². The van der Waals surface area contributed by atoms with Crippen LogP contribution in [0.3, 0.4) is 0 Å². The molecule has 1 amide bonds. The zero-order valence-electron chi connectivity index (χ0n) is 10.3. The van der Waals surface area contributed by atoms with Crippen LogP contribution in [-0.2, 0) is 4.79 Å². The average Bonchev–Trinajstić information content (AvgIpc) is 2.27. The summed E-state index contributed by atoms with van der Waals surface area (Å²) in [5, 5.41) is 3.05. The van der Waals surface area contributed by atoms with E-state index in [1.165, 1.54) is 0 Å². The summed E-state index contributed by atoms with van der Waals surface area (Å²) < 4.78 is 0. The van der Waals surface area contributed by atoms with Gasteiger partial charge in [-0.05, 0) is 6.92 Å². The number of hydrazine groups is 1. The van der Waals surface area contributed by atoms with E-state index in [-0.39, 0.29) is 5.91 Å². The number of carbonyl (C=O) groups excluding carboxylic acids is 1. The van der Waals surface area contributed by atoms with Crippen LogP contribution in [0.1, 0.15) is 12.1 Å². The molecule has 0 atom stereocenters. The number of anilines is 2. The molecule has 0 bridgehead atoms. The first kappa shape index (κ1) is 13.2. The lowest BCUT2D eigenvalue weighted by atomic mass is 10.3. The topological polar surface area (TPSA) is 96.2 Å². The van der Waals surface area contributed by atoms with Crippen LogP contribution < -0.4 is 16.6 Å². The Kier molecular flexibility index (Phi) is 4.65. The minimum atomic E-state index is 0.0699. The van der Waals surface area contributed by atoms with Gasteiger partial charge in [0.1, 0.15) is 5.82 Å². The molecule has 1 aromatic heterocycles. The molecule has 0 unspecified atom stereocenters. The molecule has 1 heterocycles. The van der Waals surface area contributed by atoms with Gasteiger partial charge in [0, 0.05) is 38.8 Å². The molecule has 7 heteroatoms. The fourth-order valence-corrected chi connectivity index (χ4v) is 1.24. The Labute approximate surface area is 100 Å². The lowest BCUT2D eigenvalue weighted by Gasteiger charge is -2.11. The molecule has 0 saturated heterocycles. The smallest absolute Gasteiger partial charge is 0.239 e. The minimum Gasteiger partial charge on any atom is -0.369 e. The molecule has 1 aromatic rings. The van der Waals surface area contributed by atoms with Gasteiger partial charge in [-0.25, -0.2) is 10.8 Å². The van der Waals surface area contributed by atoms with Crippen molar-refractivity contribution >= 4 is 17.7 Å². The number of nitrogens with two attached hydrogens (primary N) is 1. The Morgan fingerprint density at radius 1 is 1.47 bits per heavy atom. The summed E-state index contributed by atoms with van der Waals surface area (Å²) in [6, 6.07) is 1.79. The molecule has 7 nitrogen and oxygen atoms in total. The van der Waals surface area contributed by atoms with Gasteiger partial charge >= 0.3 is 0 Å². The standard InChI is InChI=1S/C10H18N6O/c1-7-6-8(14-10(13-7)15-11)12-5-4-9(17)16(2)3/h6H,4-5,11H2,1-3H3,(H2,12,13,14,15). The summed E-state index contributed by atoms with van der Waals surface area (Å²) in [5.74, 6) is 6.31. The summed E-state index contributed by atoms with van der Waals surface area (Å²) in [7, 11) is 3.46. The van der Waals surface area contributed by atoms with Gasteiger partial charge in [-0.1, -0.05) is 0 Å². The van der Waals surface area contributed by atoms with Crippen LogP contribution in [0.2, 0.25) is 0 Å². The molecule has 0 aromatic carbocycles. The normalized spacial score (nSPS) is 9.88. The fraction of sp³-hybridized carbons (Fsp3) is 0.500. The number of hydrogen-bond donors (Lipinski definition) is 3. The van der Waals surface area contributed by atoms with E-state index < -0.39 is 0 Å². The molecule has 0 fully saturated rings. The van der Waals surface area contributed by atoms with Crippen molar-refractivity contribution in [2.75, 3.05) is 31.4 Å². The number of nitrogens with zero attached hydrogens (tertiary/aromatic N) is 3. The second kappa shape index (κ2) is 6.00. The molecule has 1 rings (SSSR count). The highest BCUT2D eigenvalue weighted by Gasteiger charge is 2.04. The zero-order valence-corrected chi connectivity index (χ0v) is 10.3. The van der Waals surface area contributed by atoms with Gasteiger partial charge in [0.2, 0.25) is 11.9 Å². The van der Waals surface area contributed by atoms with Crippen LogP contribution >= 0.6 is 0 Å². The van der Waals surface area contributed by atoms with E-state index in [0.717, 1.165) is 5.69 Å². The number of aromatic nitrogens is 2. The first-order valence-electron chi connectivity index (χ1n) is 5.29. The summed E-state index contributed by atoms with van der Waals surface area (Å²) >= 11 is 0. The largest absolute Gasteiger partial charge is 0.369 e. The first-order valence-corrected chi connectivity index (χ1v) is 5.29. The van der Waals surface area contributed by atoms with Crippen molar-refractivity contribution in [3.8, 4) is 0 Å². The Balaban J connectivity index is 2.52. The van der Waals surface area contributed by atoms with Crippen molar-refractivity contribution in [2.24, 2.45) is 5.84 Å². The van der Waals surface area contributed by atoms with Crippen molar-refractivity contribution in [1.82, 2.24) is 14.9 Å². The minimum absolute atomic E-state index is 0.0699. The average molecular weight is 238 g/mol. The molecule has 17 heavy (non-hydrogen) atoms. The Morgan fingerprint density at radius 2 is 2.18 bits per heavy atom. The predicted molar refractivity (Wildman–Crippen MR) is 66.4 cm³/mol. The van der Waals surface area contributed by atoms with E-state index in [1.807, 2.05) is 6.92 Å². The number of amides is 1. The number of aryl methyl sites for hydroxylation is 1. The number of carbonyl (C=O) groups is 1. The summed E-state index contributed by atoms with van der Waals surface area (Å²) in [4.78, 5) is 21.1. The third kappa shape index (κ3) is 4.23. The molecule has 94 valence electrons. The highest BCUT2D eigenvalue weighted by atomic mass is 16.2. The van der Waals surface area contributed by atoms with E-state index in [2.05, 4.69) is 20.7 Å². The molecular formula is C10H18N6O. The predicted octanol–water partition coefficient (Wildman–Crippen LogP) is -0.0392. The van der Waals surface area contributed by atoms with Crippen molar-refractivity contribution < 1.29 is 4.79 Å². The van der Waals surface area contributed by atoms with E-state index in [0.29, 0.717) is 24.7 Å².